The number of rotatable bonds is 10. The topological polar surface area (TPSA) is 79.2 Å². The van der Waals surface area contributed by atoms with E-state index >= 15 is 0 Å². The van der Waals surface area contributed by atoms with Crippen LogP contribution in [-0.4, -0.2) is 39.5 Å². The molecule has 8 heteroatoms. The molecular weight excluding hydrogens is 474 g/mol. The first kappa shape index (κ1) is 26.9. The molecular formula is C29H36F2N4O2. The summed E-state index contributed by atoms with van der Waals surface area (Å²) in [4.78, 5) is 13.2. The van der Waals surface area contributed by atoms with E-state index in [0.717, 1.165) is 31.7 Å². The first-order chi connectivity index (χ1) is 17.8. The van der Waals surface area contributed by atoms with Crippen LogP contribution in [0.1, 0.15) is 71.2 Å². The zero-order valence-electron chi connectivity index (χ0n) is 21.7. The highest BCUT2D eigenvalue weighted by molar-refractivity contribution is 5.93. The summed E-state index contributed by atoms with van der Waals surface area (Å²) in [5.74, 6) is -1.78. The van der Waals surface area contributed by atoms with E-state index in [-0.39, 0.29) is 24.9 Å². The Kier molecular flexibility index (Phi) is 8.71. The van der Waals surface area contributed by atoms with Crippen LogP contribution in [-0.2, 0) is 25.8 Å². The number of fused-ring (bicyclic) bond motifs is 1. The smallest absolute Gasteiger partial charge is 0.269 e. The van der Waals surface area contributed by atoms with E-state index in [1.807, 2.05) is 6.92 Å². The number of amides is 1. The lowest BCUT2D eigenvalue weighted by Crippen LogP contribution is -2.49. The van der Waals surface area contributed by atoms with Crippen LogP contribution in [0.25, 0.3) is 0 Å². The number of hydrogen-bond acceptors (Lipinski definition) is 4. The van der Waals surface area contributed by atoms with Gasteiger partial charge in [-0.25, -0.2) is 8.78 Å². The summed E-state index contributed by atoms with van der Waals surface area (Å²) >= 11 is 0. The normalized spacial score (nSPS) is 16.8. The van der Waals surface area contributed by atoms with Gasteiger partial charge in [0.15, 0.2) is 0 Å². The van der Waals surface area contributed by atoms with Gasteiger partial charge in [0.2, 0.25) is 0 Å². The maximum atomic E-state index is 13.9. The van der Waals surface area contributed by atoms with Crippen molar-refractivity contribution in [2.75, 3.05) is 6.54 Å². The van der Waals surface area contributed by atoms with Crippen molar-refractivity contribution in [3.8, 4) is 0 Å². The fourth-order valence-electron chi connectivity index (χ4n) is 5.16. The molecule has 37 heavy (non-hydrogen) atoms. The van der Waals surface area contributed by atoms with Crippen LogP contribution in [0.4, 0.5) is 8.78 Å². The Hall–Kier alpha value is -3.10. The monoisotopic (exact) mass is 510 g/mol. The fraction of sp³-hybridized carbons (Fsp3) is 0.448. The average Bonchev–Trinajstić information content (AvgIpc) is 3.26. The molecule has 3 aromatic rings. The second kappa shape index (κ2) is 12.0. The van der Waals surface area contributed by atoms with Crippen LogP contribution in [0.2, 0.25) is 0 Å². The van der Waals surface area contributed by atoms with Gasteiger partial charge >= 0.3 is 0 Å². The van der Waals surface area contributed by atoms with Gasteiger partial charge in [0.25, 0.3) is 5.91 Å². The first-order valence-corrected chi connectivity index (χ1v) is 13.1. The highest BCUT2D eigenvalue weighted by Gasteiger charge is 2.27. The van der Waals surface area contributed by atoms with Crippen LogP contribution in [0.5, 0.6) is 0 Å². The minimum absolute atomic E-state index is 0.0732. The van der Waals surface area contributed by atoms with Crippen LogP contribution in [0.15, 0.2) is 42.5 Å². The molecule has 1 aliphatic carbocycles. The van der Waals surface area contributed by atoms with Gasteiger partial charge in [0, 0.05) is 25.2 Å². The van der Waals surface area contributed by atoms with Crippen LogP contribution >= 0.6 is 0 Å². The van der Waals surface area contributed by atoms with Gasteiger partial charge in [-0.15, -0.1) is 0 Å². The summed E-state index contributed by atoms with van der Waals surface area (Å²) in [7, 11) is 0. The standard InChI is InChI=1S/C29H36F2N4O2/c1-4-19-9-10-21-7-6-8-25(24(21)14-19)32-17-28(36)26(15-20-12-22(30)16-23(31)13-20)33-29(37)27-11-18(3)34-35(27)5-2/h9-14,16,25-26,28,32,36H,4-8,15,17H2,1-3H3,(H,33,37)/t25-,26-,28+/m0/s1. The molecule has 3 N–H and O–H groups in total. The molecule has 0 saturated heterocycles. The van der Waals surface area contributed by atoms with Gasteiger partial charge in [-0.05, 0) is 86.4 Å². The van der Waals surface area contributed by atoms with Crippen LogP contribution in [0.3, 0.4) is 0 Å². The molecule has 0 spiro atoms. The summed E-state index contributed by atoms with van der Waals surface area (Å²) in [5.41, 5.74) is 5.29. The summed E-state index contributed by atoms with van der Waals surface area (Å²) < 4.78 is 29.4. The summed E-state index contributed by atoms with van der Waals surface area (Å²) in [6.45, 7) is 6.56. The van der Waals surface area contributed by atoms with E-state index < -0.39 is 23.8 Å². The van der Waals surface area contributed by atoms with Gasteiger partial charge in [-0.2, -0.15) is 5.10 Å². The predicted molar refractivity (Wildman–Crippen MR) is 139 cm³/mol. The zero-order valence-corrected chi connectivity index (χ0v) is 21.7. The molecule has 0 fully saturated rings. The highest BCUT2D eigenvalue weighted by atomic mass is 19.1. The maximum Gasteiger partial charge on any atom is 0.269 e. The highest BCUT2D eigenvalue weighted by Crippen LogP contribution is 2.30. The number of halogens is 2. The van der Waals surface area contributed by atoms with Gasteiger partial charge < -0.3 is 15.7 Å². The Morgan fingerprint density at radius 1 is 1.14 bits per heavy atom. The Morgan fingerprint density at radius 3 is 2.59 bits per heavy atom. The molecule has 0 bridgehead atoms. The summed E-state index contributed by atoms with van der Waals surface area (Å²) in [6.07, 6.45) is 3.07. The third-order valence-corrected chi connectivity index (χ3v) is 7.10. The Labute approximate surface area is 217 Å². The number of aromatic nitrogens is 2. The lowest BCUT2D eigenvalue weighted by molar-refractivity contribution is 0.0813. The van der Waals surface area contributed by atoms with Crippen molar-refractivity contribution in [2.24, 2.45) is 0 Å². The second-order valence-electron chi connectivity index (χ2n) is 9.86. The van der Waals surface area contributed by atoms with E-state index in [0.29, 0.717) is 23.5 Å². The van der Waals surface area contributed by atoms with Crippen molar-refractivity contribution in [1.82, 2.24) is 20.4 Å². The van der Waals surface area contributed by atoms with E-state index in [1.54, 1.807) is 17.7 Å². The molecule has 198 valence electrons. The van der Waals surface area contributed by atoms with Gasteiger partial charge in [-0.1, -0.05) is 25.1 Å². The fourth-order valence-corrected chi connectivity index (χ4v) is 5.16. The molecule has 1 aromatic heterocycles. The predicted octanol–water partition coefficient (Wildman–Crippen LogP) is 4.42. The van der Waals surface area contributed by atoms with Crippen LogP contribution < -0.4 is 10.6 Å². The van der Waals surface area contributed by atoms with Gasteiger partial charge in [0.1, 0.15) is 17.3 Å². The Morgan fingerprint density at radius 2 is 1.89 bits per heavy atom. The van der Waals surface area contributed by atoms with Gasteiger partial charge in [0.05, 0.1) is 17.8 Å². The van der Waals surface area contributed by atoms with E-state index in [2.05, 4.69) is 40.9 Å². The molecule has 1 amide bonds. The summed E-state index contributed by atoms with van der Waals surface area (Å²) in [6, 6.07) is 10.9. The van der Waals surface area contributed by atoms with Crippen molar-refractivity contribution in [1.29, 1.82) is 0 Å². The molecule has 0 saturated carbocycles. The third-order valence-electron chi connectivity index (χ3n) is 7.10. The van der Waals surface area contributed by atoms with E-state index in [9.17, 15) is 18.7 Å². The number of aryl methyl sites for hydroxylation is 4. The van der Waals surface area contributed by atoms with Crippen molar-refractivity contribution in [3.63, 3.8) is 0 Å². The lowest BCUT2D eigenvalue weighted by atomic mass is 9.86. The lowest BCUT2D eigenvalue weighted by Gasteiger charge is -2.30. The van der Waals surface area contributed by atoms with Crippen molar-refractivity contribution in [2.45, 2.75) is 77.6 Å². The largest absolute Gasteiger partial charge is 0.390 e. The van der Waals surface area contributed by atoms with E-state index in [1.165, 1.54) is 28.8 Å². The van der Waals surface area contributed by atoms with Crippen LogP contribution in [0, 0.1) is 18.6 Å². The molecule has 1 aliphatic rings. The SMILES string of the molecule is CCc1ccc2c(c1)[C@@H](NC[C@@H](O)[C@H](Cc1cc(F)cc(F)c1)NC(=O)c1cc(C)nn1CC)CCC2. The molecule has 0 radical (unpaired) electrons. The minimum Gasteiger partial charge on any atom is -0.390 e. The van der Waals surface area contributed by atoms with E-state index in [4.69, 9.17) is 0 Å². The molecule has 0 aliphatic heterocycles. The van der Waals surface area contributed by atoms with Gasteiger partial charge in [-0.3, -0.25) is 9.48 Å². The number of carbonyl (C=O) groups is 1. The molecule has 1 heterocycles. The number of aliphatic hydroxyl groups is 1. The molecule has 2 aromatic carbocycles. The third kappa shape index (κ3) is 6.62. The van der Waals surface area contributed by atoms with Crippen molar-refractivity contribution < 1.29 is 18.7 Å². The maximum absolute atomic E-state index is 13.9. The summed E-state index contributed by atoms with van der Waals surface area (Å²) in [5, 5.41) is 21.9. The molecule has 4 rings (SSSR count). The average molecular weight is 511 g/mol. The second-order valence-corrected chi connectivity index (χ2v) is 9.86. The Balaban J connectivity index is 1.53. The number of aliphatic hydroxyl groups excluding tert-OH is 1. The number of benzene rings is 2. The molecule has 6 nitrogen and oxygen atoms in total. The van der Waals surface area contributed by atoms with Crippen molar-refractivity contribution >= 4 is 5.91 Å². The molecule has 3 atom stereocenters. The zero-order chi connectivity index (χ0) is 26.5. The number of nitrogens with one attached hydrogen (secondary N) is 2. The number of hydrogen-bond donors (Lipinski definition) is 3. The molecule has 0 unspecified atom stereocenters. The minimum atomic E-state index is -0.992. The number of carbonyl (C=O) groups excluding carboxylic acids is 1. The van der Waals surface area contributed by atoms with Crippen molar-refractivity contribution in [3.05, 3.63) is 87.7 Å². The Bertz CT molecular complexity index is 1220. The quantitative estimate of drug-likeness (QED) is 0.377. The first-order valence-electron chi connectivity index (χ1n) is 13.1. The number of nitrogens with zero attached hydrogens (tertiary/aromatic N) is 2.